The zero-order chi connectivity index (χ0) is 18.7. The topological polar surface area (TPSA) is 101 Å². The molecule has 7 nitrogen and oxygen atoms in total. The number of Topliss-reactive ketones (excluding diaryl/α,β-unsaturated/α-hetero) is 1. The van der Waals surface area contributed by atoms with Crippen molar-refractivity contribution in [3.05, 3.63) is 47.3 Å². The average Bonchev–Trinajstić information content (AvgIpc) is 2.93. The van der Waals surface area contributed by atoms with Gasteiger partial charge < -0.3 is 9.84 Å². The standard InChI is InChI=1S/C18H21N3O4S/c1-12-13(2)20-25-18(12)21-26(23,24)16-9-7-15(8-10-16)19-11-14-5-3-4-6-17(14)22/h7-11,19,21H,3-6H2,1-2H3/b14-11+. The lowest BCUT2D eigenvalue weighted by Crippen LogP contribution is -2.13. The molecule has 1 aromatic heterocycles. The fraction of sp³-hybridized carbons (Fsp3) is 0.333. The SMILES string of the molecule is Cc1noc(NS(=O)(=O)c2ccc(N/C=C3\CCCCC3=O)cc2)c1C. The molecule has 1 saturated carbocycles. The highest BCUT2D eigenvalue weighted by atomic mass is 32.2. The van der Waals surface area contributed by atoms with Crippen molar-refractivity contribution in [2.75, 3.05) is 10.0 Å². The molecule has 1 heterocycles. The van der Waals surface area contributed by atoms with Gasteiger partial charge in [0, 0.05) is 29.4 Å². The van der Waals surface area contributed by atoms with Gasteiger partial charge in [0.1, 0.15) is 0 Å². The number of hydrogen-bond acceptors (Lipinski definition) is 6. The number of aromatic nitrogens is 1. The van der Waals surface area contributed by atoms with E-state index in [9.17, 15) is 13.2 Å². The highest BCUT2D eigenvalue weighted by molar-refractivity contribution is 7.92. The Labute approximate surface area is 152 Å². The largest absolute Gasteiger partial charge is 0.361 e. The van der Waals surface area contributed by atoms with Crippen molar-refractivity contribution in [1.82, 2.24) is 5.16 Å². The van der Waals surface area contributed by atoms with Gasteiger partial charge in [-0.05, 0) is 57.4 Å². The van der Waals surface area contributed by atoms with Crippen LogP contribution >= 0.6 is 0 Å². The van der Waals surface area contributed by atoms with Crippen LogP contribution < -0.4 is 10.0 Å². The Morgan fingerprint density at radius 2 is 1.81 bits per heavy atom. The molecule has 3 rings (SSSR count). The number of aryl methyl sites for hydroxylation is 1. The van der Waals surface area contributed by atoms with Crippen molar-refractivity contribution in [3.8, 4) is 0 Å². The van der Waals surface area contributed by atoms with Crippen molar-refractivity contribution in [1.29, 1.82) is 0 Å². The van der Waals surface area contributed by atoms with Gasteiger partial charge >= 0.3 is 0 Å². The molecule has 0 aliphatic heterocycles. The molecule has 0 amide bonds. The number of nitrogens with zero attached hydrogens (tertiary/aromatic N) is 1. The van der Waals surface area contributed by atoms with Gasteiger partial charge in [-0.15, -0.1) is 0 Å². The summed E-state index contributed by atoms with van der Waals surface area (Å²) in [5.41, 5.74) is 2.77. The van der Waals surface area contributed by atoms with Gasteiger partial charge in [-0.3, -0.25) is 4.79 Å². The Morgan fingerprint density at radius 3 is 2.42 bits per heavy atom. The predicted octanol–water partition coefficient (Wildman–Crippen LogP) is 3.53. The number of ketones is 1. The molecular weight excluding hydrogens is 354 g/mol. The lowest BCUT2D eigenvalue weighted by molar-refractivity contribution is -0.116. The van der Waals surface area contributed by atoms with Gasteiger partial charge in [0.25, 0.3) is 10.0 Å². The van der Waals surface area contributed by atoms with E-state index in [1.165, 1.54) is 12.1 Å². The normalized spacial score (nSPS) is 16.7. The van der Waals surface area contributed by atoms with E-state index in [1.54, 1.807) is 32.2 Å². The lowest BCUT2D eigenvalue weighted by Gasteiger charge is -2.13. The average molecular weight is 375 g/mol. The molecule has 1 aliphatic carbocycles. The summed E-state index contributed by atoms with van der Waals surface area (Å²) in [6, 6.07) is 6.28. The first-order valence-corrected chi connectivity index (χ1v) is 9.89. The minimum atomic E-state index is -3.76. The van der Waals surface area contributed by atoms with Crippen LogP contribution in [0.4, 0.5) is 11.6 Å². The zero-order valence-electron chi connectivity index (χ0n) is 14.7. The first-order valence-electron chi connectivity index (χ1n) is 8.41. The monoisotopic (exact) mass is 375 g/mol. The van der Waals surface area contributed by atoms with Crippen LogP contribution in [-0.4, -0.2) is 19.4 Å². The second kappa shape index (κ2) is 7.33. The molecular formula is C18H21N3O4S. The van der Waals surface area contributed by atoms with Gasteiger partial charge in [0.05, 0.1) is 10.6 Å². The third kappa shape index (κ3) is 3.96. The van der Waals surface area contributed by atoms with Gasteiger partial charge in [-0.1, -0.05) is 5.16 Å². The van der Waals surface area contributed by atoms with Crippen LogP contribution in [-0.2, 0) is 14.8 Å². The van der Waals surface area contributed by atoms with Crippen LogP contribution in [0.2, 0.25) is 0 Å². The quantitative estimate of drug-likeness (QED) is 0.775. The number of anilines is 2. The van der Waals surface area contributed by atoms with E-state index in [-0.39, 0.29) is 16.6 Å². The Bertz CT molecular complexity index is 943. The number of allylic oxidation sites excluding steroid dienone is 1. The summed E-state index contributed by atoms with van der Waals surface area (Å²) in [4.78, 5) is 11.9. The summed E-state index contributed by atoms with van der Waals surface area (Å²) in [7, 11) is -3.76. The van der Waals surface area contributed by atoms with E-state index < -0.39 is 10.0 Å². The number of hydrogen-bond donors (Lipinski definition) is 2. The third-order valence-electron chi connectivity index (χ3n) is 4.42. The summed E-state index contributed by atoms with van der Waals surface area (Å²) < 4.78 is 32.3. The highest BCUT2D eigenvalue weighted by Crippen LogP contribution is 2.23. The molecule has 0 radical (unpaired) electrons. The van der Waals surface area contributed by atoms with Crippen LogP contribution in [0.25, 0.3) is 0 Å². The predicted molar refractivity (Wildman–Crippen MR) is 98.4 cm³/mol. The van der Waals surface area contributed by atoms with Crippen molar-refractivity contribution < 1.29 is 17.7 Å². The summed E-state index contributed by atoms with van der Waals surface area (Å²) in [6.07, 6.45) is 5.04. The fourth-order valence-electron chi connectivity index (χ4n) is 2.65. The zero-order valence-corrected chi connectivity index (χ0v) is 15.5. The van der Waals surface area contributed by atoms with Crippen LogP contribution in [0.15, 0.2) is 45.5 Å². The Morgan fingerprint density at radius 1 is 1.12 bits per heavy atom. The third-order valence-corrected chi connectivity index (χ3v) is 5.77. The smallest absolute Gasteiger partial charge is 0.264 e. The Balaban J connectivity index is 1.71. The molecule has 0 bridgehead atoms. The second-order valence-electron chi connectivity index (χ2n) is 6.30. The summed E-state index contributed by atoms with van der Waals surface area (Å²) in [5.74, 6) is 0.287. The maximum Gasteiger partial charge on any atom is 0.264 e. The van der Waals surface area contributed by atoms with Crippen molar-refractivity contribution in [2.24, 2.45) is 0 Å². The second-order valence-corrected chi connectivity index (χ2v) is 7.98. The first-order chi connectivity index (χ1) is 12.4. The molecule has 0 atom stereocenters. The molecule has 138 valence electrons. The van der Waals surface area contributed by atoms with E-state index in [1.807, 2.05) is 0 Å². The van der Waals surface area contributed by atoms with Crippen LogP contribution in [0.1, 0.15) is 36.9 Å². The molecule has 0 unspecified atom stereocenters. The van der Waals surface area contributed by atoms with Gasteiger partial charge in [0.15, 0.2) is 5.78 Å². The van der Waals surface area contributed by atoms with Crippen LogP contribution in [0, 0.1) is 13.8 Å². The van der Waals surface area contributed by atoms with E-state index >= 15 is 0 Å². The first kappa shape index (κ1) is 18.2. The number of carbonyl (C=O) groups is 1. The summed E-state index contributed by atoms with van der Waals surface area (Å²) in [5, 5.41) is 6.80. The number of sulfonamides is 1. The molecule has 1 aromatic carbocycles. The van der Waals surface area contributed by atoms with E-state index in [0.29, 0.717) is 23.4 Å². The summed E-state index contributed by atoms with van der Waals surface area (Å²) >= 11 is 0. The molecule has 2 aromatic rings. The molecule has 1 aliphatic rings. The van der Waals surface area contributed by atoms with E-state index in [2.05, 4.69) is 15.2 Å². The minimum Gasteiger partial charge on any atom is -0.361 e. The molecule has 0 saturated heterocycles. The molecule has 0 spiro atoms. The van der Waals surface area contributed by atoms with Gasteiger partial charge in [-0.2, -0.15) is 0 Å². The van der Waals surface area contributed by atoms with Gasteiger partial charge in [-0.25, -0.2) is 13.1 Å². The summed E-state index contributed by atoms with van der Waals surface area (Å²) in [6.45, 7) is 3.47. The molecule has 1 fully saturated rings. The minimum absolute atomic E-state index is 0.109. The number of carbonyl (C=O) groups excluding carboxylic acids is 1. The van der Waals surface area contributed by atoms with Crippen molar-refractivity contribution >= 4 is 27.4 Å². The molecule has 2 N–H and O–H groups in total. The van der Waals surface area contributed by atoms with Crippen molar-refractivity contribution in [3.63, 3.8) is 0 Å². The van der Waals surface area contributed by atoms with Crippen LogP contribution in [0.3, 0.4) is 0 Å². The number of nitrogens with one attached hydrogen (secondary N) is 2. The van der Waals surface area contributed by atoms with Crippen molar-refractivity contribution in [2.45, 2.75) is 44.4 Å². The number of rotatable bonds is 5. The Hall–Kier alpha value is -2.61. The number of benzene rings is 1. The van der Waals surface area contributed by atoms with E-state index in [0.717, 1.165) is 24.8 Å². The molecule has 26 heavy (non-hydrogen) atoms. The maximum atomic E-state index is 12.4. The van der Waals surface area contributed by atoms with Gasteiger partial charge in [0.2, 0.25) is 5.88 Å². The lowest BCUT2D eigenvalue weighted by atomic mass is 9.94. The van der Waals surface area contributed by atoms with E-state index in [4.69, 9.17) is 4.52 Å². The highest BCUT2D eigenvalue weighted by Gasteiger charge is 2.19. The maximum absolute atomic E-state index is 12.4. The fourth-order valence-corrected chi connectivity index (χ4v) is 3.69. The Kier molecular flexibility index (Phi) is 5.13. The van der Waals surface area contributed by atoms with Crippen LogP contribution in [0.5, 0.6) is 0 Å². The molecule has 8 heteroatoms.